The summed E-state index contributed by atoms with van der Waals surface area (Å²) in [7, 11) is 0. The first-order valence-corrected chi connectivity index (χ1v) is 20.5. The molecule has 0 N–H and O–H groups in total. The van der Waals surface area contributed by atoms with Crippen LogP contribution in [0.4, 0.5) is 17.1 Å². The molecule has 0 radical (unpaired) electrons. The second-order valence-corrected chi connectivity index (χ2v) is 15.3. The Morgan fingerprint density at radius 1 is 0.283 bits per heavy atom. The van der Waals surface area contributed by atoms with Gasteiger partial charge in [0.05, 0.1) is 5.69 Å². The highest BCUT2D eigenvalue weighted by molar-refractivity contribution is 6.04. The van der Waals surface area contributed by atoms with Crippen molar-refractivity contribution in [2.75, 3.05) is 4.90 Å². The van der Waals surface area contributed by atoms with Crippen LogP contribution in [0, 0.1) is 0 Å². The van der Waals surface area contributed by atoms with Crippen molar-refractivity contribution in [2.24, 2.45) is 0 Å². The molecule has 0 aromatic heterocycles. The van der Waals surface area contributed by atoms with Crippen molar-refractivity contribution in [2.45, 2.75) is 0 Å². The highest BCUT2D eigenvalue weighted by Crippen LogP contribution is 2.55. The summed E-state index contributed by atoms with van der Waals surface area (Å²) < 4.78 is 7.32. The Morgan fingerprint density at radius 3 is 1.23 bits per heavy atom. The molecule has 0 aliphatic carbocycles. The molecule has 10 aromatic rings. The van der Waals surface area contributed by atoms with Crippen molar-refractivity contribution in [1.82, 2.24) is 0 Å². The lowest BCUT2D eigenvalue weighted by Gasteiger charge is -2.28. The van der Waals surface area contributed by atoms with Crippen molar-refractivity contribution < 1.29 is 4.74 Å². The van der Waals surface area contributed by atoms with Gasteiger partial charge in [-0.05, 0) is 115 Å². The van der Waals surface area contributed by atoms with Crippen molar-refractivity contribution in [3.63, 3.8) is 0 Å². The van der Waals surface area contributed by atoms with E-state index in [9.17, 15) is 0 Å². The smallest absolute Gasteiger partial charge is 0.159 e. The van der Waals surface area contributed by atoms with Gasteiger partial charge < -0.3 is 9.64 Å². The Hall–Kier alpha value is -7.94. The zero-order valence-electron chi connectivity index (χ0n) is 32.9. The predicted molar refractivity (Wildman–Crippen MR) is 251 cm³/mol. The maximum atomic E-state index is 7.32. The minimum atomic E-state index is 0.811. The van der Waals surface area contributed by atoms with Crippen LogP contribution in [-0.4, -0.2) is 0 Å². The normalized spacial score (nSPS) is 11.5. The topological polar surface area (TPSA) is 12.5 Å². The number of nitrogens with zero attached hydrogens (tertiary/aromatic N) is 1. The average Bonchev–Trinajstić information content (AvgIpc) is 3.47. The van der Waals surface area contributed by atoms with Gasteiger partial charge in [0.25, 0.3) is 0 Å². The standard InChI is InChI=1S/C58H39NO/c1-4-14-40(15-5-1)42-26-28-43(29-27-42)45-32-36-50(37-33-45)59(49-34-30-44(31-35-49)41-16-6-2-7-17-41)55-24-12-23-52-53-38-47-20-10-11-21-48(47)39-54(53)57-51(46-18-8-3-9-19-46)22-13-25-56(57)60-58(52)55/h1-39H. The molecule has 0 saturated carbocycles. The first-order chi connectivity index (χ1) is 29.7. The number of hydrogen-bond donors (Lipinski definition) is 0. The van der Waals surface area contributed by atoms with E-state index in [0.29, 0.717) is 0 Å². The van der Waals surface area contributed by atoms with Gasteiger partial charge in [0.2, 0.25) is 0 Å². The minimum absolute atomic E-state index is 0.811. The highest BCUT2D eigenvalue weighted by atomic mass is 16.5. The third kappa shape index (κ3) is 6.41. The number of para-hydroxylation sites is 1. The molecular weight excluding hydrogens is 727 g/mol. The SMILES string of the molecule is c1ccc(-c2ccc(-c3ccc(N(c4ccc(-c5ccccc5)cc4)c4cccc5c4Oc4cccc(-c6ccccc6)c4-c4cc6ccccc6cc4-5)cc3)cc2)cc1. The molecule has 0 fully saturated rings. The number of rotatable bonds is 7. The molecule has 60 heavy (non-hydrogen) atoms. The van der Waals surface area contributed by atoms with Crippen LogP contribution in [0.2, 0.25) is 0 Å². The molecule has 0 bridgehead atoms. The van der Waals surface area contributed by atoms with Gasteiger partial charge in [0, 0.05) is 22.5 Å². The van der Waals surface area contributed by atoms with Crippen LogP contribution in [-0.2, 0) is 0 Å². The predicted octanol–water partition coefficient (Wildman–Crippen LogP) is 16.4. The first kappa shape index (κ1) is 35.2. The molecule has 0 atom stereocenters. The monoisotopic (exact) mass is 765 g/mol. The average molecular weight is 766 g/mol. The van der Waals surface area contributed by atoms with Gasteiger partial charge in [-0.15, -0.1) is 0 Å². The summed E-state index contributed by atoms with van der Waals surface area (Å²) in [5.41, 5.74) is 16.8. The lowest BCUT2D eigenvalue weighted by Crippen LogP contribution is -2.11. The second kappa shape index (κ2) is 15.1. The van der Waals surface area contributed by atoms with Gasteiger partial charge in [-0.3, -0.25) is 0 Å². The van der Waals surface area contributed by atoms with E-state index in [1.54, 1.807) is 0 Å². The highest BCUT2D eigenvalue weighted by Gasteiger charge is 2.28. The zero-order valence-corrected chi connectivity index (χ0v) is 32.9. The Bertz CT molecular complexity index is 3120. The van der Waals surface area contributed by atoms with E-state index >= 15 is 0 Å². The Kier molecular flexibility index (Phi) is 8.87. The van der Waals surface area contributed by atoms with Gasteiger partial charge in [-0.1, -0.05) is 188 Å². The summed E-state index contributed by atoms with van der Waals surface area (Å²) in [6, 6.07) is 84.6. The van der Waals surface area contributed by atoms with Crippen LogP contribution >= 0.6 is 0 Å². The maximum Gasteiger partial charge on any atom is 0.159 e. The zero-order chi connectivity index (χ0) is 39.8. The number of ether oxygens (including phenoxy) is 1. The molecule has 2 nitrogen and oxygen atoms in total. The first-order valence-electron chi connectivity index (χ1n) is 20.5. The van der Waals surface area contributed by atoms with Crippen LogP contribution in [0.3, 0.4) is 0 Å². The third-order valence-corrected chi connectivity index (χ3v) is 11.7. The van der Waals surface area contributed by atoms with Gasteiger partial charge >= 0.3 is 0 Å². The van der Waals surface area contributed by atoms with Gasteiger partial charge in [0.1, 0.15) is 5.75 Å². The fraction of sp³-hybridized carbons (Fsp3) is 0. The van der Waals surface area contributed by atoms with E-state index < -0.39 is 0 Å². The number of hydrogen-bond acceptors (Lipinski definition) is 2. The third-order valence-electron chi connectivity index (χ3n) is 11.7. The number of anilines is 3. The molecule has 11 rings (SSSR count). The summed E-state index contributed by atoms with van der Waals surface area (Å²) in [5, 5.41) is 2.38. The molecule has 0 saturated heterocycles. The van der Waals surface area contributed by atoms with Crippen molar-refractivity contribution >= 4 is 27.8 Å². The van der Waals surface area contributed by atoms with Crippen LogP contribution in [0.1, 0.15) is 0 Å². The van der Waals surface area contributed by atoms with E-state index in [0.717, 1.165) is 67.5 Å². The lowest BCUT2D eigenvalue weighted by atomic mass is 9.87. The second-order valence-electron chi connectivity index (χ2n) is 15.3. The molecule has 1 aliphatic rings. The fourth-order valence-corrected chi connectivity index (χ4v) is 8.70. The quantitative estimate of drug-likeness (QED) is 0.160. The Morgan fingerprint density at radius 2 is 0.700 bits per heavy atom. The van der Waals surface area contributed by atoms with Crippen molar-refractivity contribution in [1.29, 1.82) is 0 Å². The van der Waals surface area contributed by atoms with Crippen LogP contribution in [0.5, 0.6) is 11.5 Å². The van der Waals surface area contributed by atoms with Crippen LogP contribution in [0.15, 0.2) is 237 Å². The summed E-state index contributed by atoms with van der Waals surface area (Å²) >= 11 is 0. The molecule has 282 valence electrons. The summed E-state index contributed by atoms with van der Waals surface area (Å²) in [6.45, 7) is 0. The van der Waals surface area contributed by atoms with E-state index in [1.165, 1.54) is 38.6 Å². The lowest BCUT2D eigenvalue weighted by molar-refractivity contribution is 0.489. The molecule has 0 spiro atoms. The van der Waals surface area contributed by atoms with E-state index in [1.807, 2.05) is 0 Å². The van der Waals surface area contributed by atoms with Crippen LogP contribution < -0.4 is 9.64 Å². The molecule has 0 unspecified atom stereocenters. The van der Waals surface area contributed by atoms with Gasteiger partial charge in [0.15, 0.2) is 5.75 Å². The summed E-state index contributed by atoms with van der Waals surface area (Å²) in [5.74, 6) is 1.64. The molecule has 1 aliphatic heterocycles. The van der Waals surface area contributed by atoms with Gasteiger partial charge in [-0.2, -0.15) is 0 Å². The molecule has 10 aromatic carbocycles. The largest absolute Gasteiger partial charge is 0.454 e. The van der Waals surface area contributed by atoms with Gasteiger partial charge in [-0.25, -0.2) is 0 Å². The molecular formula is C58H39NO. The van der Waals surface area contributed by atoms with E-state index in [4.69, 9.17) is 4.74 Å². The Balaban J connectivity index is 1.08. The minimum Gasteiger partial charge on any atom is -0.454 e. The fourth-order valence-electron chi connectivity index (χ4n) is 8.70. The number of benzene rings is 10. The summed E-state index contributed by atoms with van der Waals surface area (Å²) in [4.78, 5) is 2.34. The molecule has 1 heterocycles. The molecule has 0 amide bonds. The maximum absolute atomic E-state index is 7.32. The van der Waals surface area contributed by atoms with Crippen molar-refractivity contribution in [3.8, 4) is 78.3 Å². The van der Waals surface area contributed by atoms with Crippen LogP contribution in [0.25, 0.3) is 77.5 Å². The van der Waals surface area contributed by atoms with E-state index in [2.05, 4.69) is 241 Å². The summed E-state index contributed by atoms with van der Waals surface area (Å²) in [6.07, 6.45) is 0. The number of fused-ring (bicyclic) bond motifs is 6. The Labute approximate surface area is 350 Å². The van der Waals surface area contributed by atoms with Crippen molar-refractivity contribution in [3.05, 3.63) is 237 Å². The van der Waals surface area contributed by atoms with E-state index in [-0.39, 0.29) is 0 Å². The molecule has 2 heteroatoms.